The number of hydrogen-bond acceptors (Lipinski definition) is 2. The third-order valence-electron chi connectivity index (χ3n) is 2.03. The standard InChI is InChI=1S/C11H20N2O/c1-6-7-8(2)13-10(14)9(12)11(3,4)5/h1,8-9H,7,12H2,2-5H3,(H,13,14)/t8?,9-/m1/s1. The number of amides is 1. The summed E-state index contributed by atoms with van der Waals surface area (Å²) in [5.74, 6) is 2.36. The molecule has 0 aromatic carbocycles. The number of hydrogen-bond donors (Lipinski definition) is 2. The fourth-order valence-electron chi connectivity index (χ4n) is 0.954. The molecule has 0 aliphatic rings. The Morgan fingerprint density at radius 2 is 2.07 bits per heavy atom. The van der Waals surface area contributed by atoms with Crippen LogP contribution in [-0.2, 0) is 4.79 Å². The summed E-state index contributed by atoms with van der Waals surface area (Å²) in [6.45, 7) is 7.67. The molecule has 1 amide bonds. The monoisotopic (exact) mass is 196 g/mol. The summed E-state index contributed by atoms with van der Waals surface area (Å²) in [5.41, 5.74) is 5.55. The number of carbonyl (C=O) groups is 1. The summed E-state index contributed by atoms with van der Waals surface area (Å²) in [5, 5.41) is 2.78. The van der Waals surface area contributed by atoms with Crippen molar-refractivity contribution in [3.63, 3.8) is 0 Å². The molecule has 0 spiro atoms. The van der Waals surface area contributed by atoms with Crippen LogP contribution in [0, 0.1) is 17.8 Å². The summed E-state index contributed by atoms with van der Waals surface area (Å²) in [6, 6.07) is -0.511. The lowest BCUT2D eigenvalue weighted by atomic mass is 9.87. The zero-order valence-electron chi connectivity index (χ0n) is 9.42. The van der Waals surface area contributed by atoms with E-state index >= 15 is 0 Å². The first-order valence-corrected chi connectivity index (χ1v) is 4.78. The fourth-order valence-corrected chi connectivity index (χ4v) is 0.954. The van der Waals surface area contributed by atoms with E-state index in [2.05, 4.69) is 11.2 Å². The summed E-state index contributed by atoms with van der Waals surface area (Å²) in [6.07, 6.45) is 5.66. The second kappa shape index (κ2) is 5.02. The fraction of sp³-hybridized carbons (Fsp3) is 0.727. The first-order valence-electron chi connectivity index (χ1n) is 4.78. The number of rotatable bonds is 3. The van der Waals surface area contributed by atoms with Gasteiger partial charge in [0.25, 0.3) is 0 Å². The smallest absolute Gasteiger partial charge is 0.237 e. The van der Waals surface area contributed by atoms with Crippen molar-refractivity contribution in [2.24, 2.45) is 11.1 Å². The van der Waals surface area contributed by atoms with Crippen LogP contribution >= 0.6 is 0 Å². The van der Waals surface area contributed by atoms with E-state index in [0.717, 1.165) is 0 Å². The van der Waals surface area contributed by atoms with Gasteiger partial charge in [-0.15, -0.1) is 12.3 Å². The maximum Gasteiger partial charge on any atom is 0.237 e. The predicted molar refractivity (Wildman–Crippen MR) is 58.5 cm³/mol. The molecule has 0 aromatic rings. The van der Waals surface area contributed by atoms with Crippen LogP contribution in [0.1, 0.15) is 34.1 Å². The van der Waals surface area contributed by atoms with Crippen LogP contribution in [0.3, 0.4) is 0 Å². The van der Waals surface area contributed by atoms with Gasteiger partial charge in [0, 0.05) is 12.5 Å². The van der Waals surface area contributed by atoms with Crippen molar-refractivity contribution in [2.75, 3.05) is 0 Å². The normalized spacial score (nSPS) is 15.4. The first kappa shape index (κ1) is 13.0. The molecule has 2 atom stereocenters. The largest absolute Gasteiger partial charge is 0.351 e. The van der Waals surface area contributed by atoms with Crippen LogP contribution in [0.2, 0.25) is 0 Å². The van der Waals surface area contributed by atoms with Gasteiger partial charge in [-0.05, 0) is 12.3 Å². The highest BCUT2D eigenvalue weighted by molar-refractivity contribution is 5.82. The average Bonchev–Trinajstić information content (AvgIpc) is 2.01. The number of terminal acetylenes is 1. The summed E-state index contributed by atoms with van der Waals surface area (Å²) < 4.78 is 0. The highest BCUT2D eigenvalue weighted by Gasteiger charge is 2.27. The zero-order valence-corrected chi connectivity index (χ0v) is 9.42. The van der Waals surface area contributed by atoms with Crippen molar-refractivity contribution >= 4 is 5.91 Å². The molecule has 0 aliphatic heterocycles. The molecule has 80 valence electrons. The predicted octanol–water partition coefficient (Wildman–Crippen LogP) is 0.888. The third-order valence-corrected chi connectivity index (χ3v) is 2.03. The maximum atomic E-state index is 11.6. The highest BCUT2D eigenvalue weighted by atomic mass is 16.2. The van der Waals surface area contributed by atoms with Crippen LogP contribution in [0.25, 0.3) is 0 Å². The molecule has 0 aliphatic carbocycles. The second-order valence-electron chi connectivity index (χ2n) is 4.66. The Morgan fingerprint density at radius 1 is 1.57 bits per heavy atom. The number of nitrogens with one attached hydrogen (secondary N) is 1. The van der Waals surface area contributed by atoms with Gasteiger partial charge in [-0.1, -0.05) is 20.8 Å². The molecule has 3 N–H and O–H groups in total. The molecule has 3 nitrogen and oxygen atoms in total. The van der Waals surface area contributed by atoms with Crippen molar-refractivity contribution in [1.82, 2.24) is 5.32 Å². The molecule has 14 heavy (non-hydrogen) atoms. The average molecular weight is 196 g/mol. The van der Waals surface area contributed by atoms with E-state index in [1.54, 1.807) is 0 Å². The van der Waals surface area contributed by atoms with Gasteiger partial charge in [-0.25, -0.2) is 0 Å². The molecule has 0 radical (unpaired) electrons. The van der Waals surface area contributed by atoms with Crippen molar-refractivity contribution in [2.45, 2.75) is 46.2 Å². The molecular weight excluding hydrogens is 176 g/mol. The Balaban J connectivity index is 4.17. The van der Waals surface area contributed by atoms with Crippen molar-refractivity contribution in [3.05, 3.63) is 0 Å². The summed E-state index contributed by atoms with van der Waals surface area (Å²) >= 11 is 0. The Morgan fingerprint density at radius 3 is 2.43 bits per heavy atom. The van der Waals surface area contributed by atoms with Gasteiger partial charge in [-0.2, -0.15) is 0 Å². The minimum Gasteiger partial charge on any atom is -0.351 e. The van der Waals surface area contributed by atoms with Gasteiger partial charge >= 0.3 is 0 Å². The zero-order chi connectivity index (χ0) is 11.4. The highest BCUT2D eigenvalue weighted by Crippen LogP contribution is 2.17. The Hall–Kier alpha value is -1.01. The molecular formula is C11H20N2O. The molecule has 0 rings (SSSR count). The second-order valence-corrected chi connectivity index (χ2v) is 4.66. The van der Waals surface area contributed by atoms with Gasteiger partial charge < -0.3 is 11.1 Å². The van der Waals surface area contributed by atoms with Gasteiger partial charge in [0.05, 0.1) is 6.04 Å². The van der Waals surface area contributed by atoms with E-state index in [0.29, 0.717) is 6.42 Å². The van der Waals surface area contributed by atoms with Crippen LogP contribution in [0.4, 0.5) is 0 Å². The van der Waals surface area contributed by atoms with E-state index in [4.69, 9.17) is 12.2 Å². The van der Waals surface area contributed by atoms with Crippen LogP contribution in [0.15, 0.2) is 0 Å². The lowest BCUT2D eigenvalue weighted by molar-refractivity contribution is -0.125. The molecule has 3 heteroatoms. The molecule has 0 heterocycles. The van der Waals surface area contributed by atoms with Gasteiger partial charge in [0.2, 0.25) is 5.91 Å². The molecule has 0 saturated heterocycles. The summed E-state index contributed by atoms with van der Waals surface area (Å²) in [7, 11) is 0. The van der Waals surface area contributed by atoms with Crippen LogP contribution < -0.4 is 11.1 Å². The van der Waals surface area contributed by atoms with Crippen molar-refractivity contribution in [1.29, 1.82) is 0 Å². The quantitative estimate of drug-likeness (QED) is 0.659. The van der Waals surface area contributed by atoms with Gasteiger partial charge in [0.1, 0.15) is 0 Å². The SMILES string of the molecule is C#CCC(C)NC(=O)[C@@H](N)C(C)(C)C. The van der Waals surface area contributed by atoms with E-state index in [-0.39, 0.29) is 17.4 Å². The lowest BCUT2D eigenvalue weighted by Gasteiger charge is -2.27. The summed E-state index contributed by atoms with van der Waals surface area (Å²) in [4.78, 5) is 11.6. The van der Waals surface area contributed by atoms with E-state index in [9.17, 15) is 4.79 Å². The number of carbonyl (C=O) groups excluding carboxylic acids is 1. The van der Waals surface area contributed by atoms with Gasteiger partial charge in [0.15, 0.2) is 0 Å². The first-order chi connectivity index (χ1) is 6.29. The van der Waals surface area contributed by atoms with E-state index < -0.39 is 6.04 Å². The number of nitrogens with two attached hydrogens (primary N) is 1. The third kappa shape index (κ3) is 4.29. The maximum absolute atomic E-state index is 11.6. The topological polar surface area (TPSA) is 55.1 Å². The Labute approximate surface area is 86.4 Å². The molecule has 1 unspecified atom stereocenters. The van der Waals surface area contributed by atoms with Crippen molar-refractivity contribution in [3.8, 4) is 12.3 Å². The van der Waals surface area contributed by atoms with Crippen LogP contribution in [-0.4, -0.2) is 18.0 Å². The Bertz CT molecular complexity index is 235. The molecule has 0 bridgehead atoms. The minimum absolute atomic E-state index is 0.0131. The van der Waals surface area contributed by atoms with E-state index in [1.165, 1.54) is 0 Å². The molecule has 0 saturated carbocycles. The lowest BCUT2D eigenvalue weighted by Crippen LogP contribution is -2.50. The minimum atomic E-state index is -0.497. The molecule has 0 fully saturated rings. The van der Waals surface area contributed by atoms with Crippen molar-refractivity contribution < 1.29 is 4.79 Å². The molecule has 0 aromatic heterocycles. The van der Waals surface area contributed by atoms with E-state index in [1.807, 2.05) is 27.7 Å². The Kier molecular flexibility index (Phi) is 4.65. The van der Waals surface area contributed by atoms with Gasteiger partial charge in [-0.3, -0.25) is 4.79 Å². The van der Waals surface area contributed by atoms with Crippen LogP contribution in [0.5, 0.6) is 0 Å².